The van der Waals surface area contributed by atoms with Gasteiger partial charge < -0.3 is 0 Å². The lowest BCUT2D eigenvalue weighted by Gasteiger charge is -2.07. The Kier molecular flexibility index (Phi) is 5.89. The molecular formula is C23H22N4O2. The van der Waals surface area contributed by atoms with Gasteiger partial charge in [0.2, 0.25) is 0 Å². The van der Waals surface area contributed by atoms with Crippen molar-refractivity contribution in [2.75, 3.05) is 0 Å². The molecule has 0 unspecified atom stereocenters. The minimum absolute atomic E-state index is 0.0404. The summed E-state index contributed by atoms with van der Waals surface area (Å²) in [5.74, 6) is 0.517. The predicted octanol–water partition coefficient (Wildman–Crippen LogP) is 3.83. The van der Waals surface area contributed by atoms with E-state index in [0.29, 0.717) is 29.1 Å². The highest BCUT2D eigenvalue weighted by atomic mass is 16.2. The van der Waals surface area contributed by atoms with Gasteiger partial charge in [0.25, 0.3) is 0 Å². The highest BCUT2D eigenvalue weighted by molar-refractivity contribution is 5.79. The lowest BCUT2D eigenvalue weighted by molar-refractivity contribution is -0.120. The number of carbonyl (C=O) groups excluding carboxylic acids is 1. The van der Waals surface area contributed by atoms with Gasteiger partial charge >= 0.3 is 5.69 Å². The molecule has 0 N–H and O–H groups in total. The Labute approximate surface area is 169 Å². The second-order valence-electron chi connectivity index (χ2n) is 7.23. The summed E-state index contributed by atoms with van der Waals surface area (Å²) in [5.41, 5.74) is 2.19. The summed E-state index contributed by atoms with van der Waals surface area (Å²) in [7, 11) is 0. The first kappa shape index (κ1) is 20.0. The van der Waals surface area contributed by atoms with Gasteiger partial charge in [0.15, 0.2) is 11.6 Å². The molecule has 146 valence electrons. The third kappa shape index (κ3) is 4.41. The number of hydrogen-bond donors (Lipinski definition) is 0. The summed E-state index contributed by atoms with van der Waals surface area (Å²) in [6.45, 7) is 7.59. The van der Waals surface area contributed by atoms with Crippen molar-refractivity contribution < 1.29 is 4.79 Å². The first-order valence-corrected chi connectivity index (χ1v) is 9.38. The van der Waals surface area contributed by atoms with Crippen LogP contribution in [0.5, 0.6) is 0 Å². The van der Waals surface area contributed by atoms with Crippen LogP contribution in [0, 0.1) is 17.2 Å². The van der Waals surface area contributed by atoms with Crippen LogP contribution >= 0.6 is 0 Å². The lowest BCUT2D eigenvalue weighted by Crippen LogP contribution is -2.27. The second-order valence-corrected chi connectivity index (χ2v) is 7.23. The zero-order valence-electron chi connectivity index (χ0n) is 16.5. The van der Waals surface area contributed by atoms with E-state index >= 15 is 0 Å². The van der Waals surface area contributed by atoms with Crippen LogP contribution in [-0.4, -0.2) is 20.1 Å². The monoisotopic (exact) mass is 386 g/mol. The molecule has 0 aliphatic rings. The minimum atomic E-state index is -0.397. The van der Waals surface area contributed by atoms with E-state index in [2.05, 4.69) is 17.7 Å². The third-order valence-corrected chi connectivity index (χ3v) is 4.46. The van der Waals surface area contributed by atoms with Crippen molar-refractivity contribution in [3.05, 3.63) is 76.7 Å². The number of nitrogens with zero attached hydrogens (tertiary/aromatic N) is 4. The van der Waals surface area contributed by atoms with Gasteiger partial charge in [0.1, 0.15) is 0 Å². The number of carbonyl (C=O) groups is 1. The van der Waals surface area contributed by atoms with E-state index in [0.717, 1.165) is 5.56 Å². The van der Waals surface area contributed by atoms with Crippen LogP contribution < -0.4 is 5.69 Å². The van der Waals surface area contributed by atoms with Crippen molar-refractivity contribution in [1.82, 2.24) is 14.3 Å². The normalized spacial score (nSPS) is 10.7. The SMILES string of the molecule is C=Cc1ccc(-n2nc(-c3cccc(C#N)c3)n(CC(=O)CC(C)C)c2=O)cc1. The molecule has 0 spiro atoms. The molecule has 29 heavy (non-hydrogen) atoms. The van der Waals surface area contributed by atoms with Crippen molar-refractivity contribution in [2.45, 2.75) is 26.8 Å². The molecule has 3 aromatic rings. The van der Waals surface area contributed by atoms with Gasteiger partial charge in [-0.05, 0) is 35.7 Å². The largest absolute Gasteiger partial charge is 0.351 e. The highest BCUT2D eigenvalue weighted by Gasteiger charge is 2.19. The molecule has 0 atom stereocenters. The van der Waals surface area contributed by atoms with Gasteiger partial charge in [-0.15, -0.1) is 5.10 Å². The summed E-state index contributed by atoms with van der Waals surface area (Å²) in [4.78, 5) is 25.6. The van der Waals surface area contributed by atoms with Crippen molar-refractivity contribution in [2.24, 2.45) is 5.92 Å². The molecule has 1 heterocycles. The molecule has 0 fully saturated rings. The zero-order valence-corrected chi connectivity index (χ0v) is 16.5. The first-order valence-electron chi connectivity index (χ1n) is 9.38. The predicted molar refractivity (Wildman–Crippen MR) is 113 cm³/mol. The van der Waals surface area contributed by atoms with Gasteiger partial charge in [-0.2, -0.15) is 9.94 Å². The maximum atomic E-state index is 13.1. The number of Topliss-reactive ketones (excluding diaryl/α,β-unsaturated/α-hetero) is 1. The van der Waals surface area contributed by atoms with Gasteiger partial charge in [-0.1, -0.05) is 50.8 Å². The molecule has 0 aliphatic carbocycles. The maximum Gasteiger partial charge on any atom is 0.351 e. The van der Waals surface area contributed by atoms with Crippen LogP contribution in [0.4, 0.5) is 0 Å². The van der Waals surface area contributed by atoms with Crippen LogP contribution in [0.3, 0.4) is 0 Å². The number of hydrogen-bond acceptors (Lipinski definition) is 4. The molecule has 0 amide bonds. The quantitative estimate of drug-likeness (QED) is 0.618. The van der Waals surface area contributed by atoms with E-state index in [4.69, 9.17) is 0 Å². The molecule has 3 rings (SSSR count). The van der Waals surface area contributed by atoms with Gasteiger partial charge in [-0.3, -0.25) is 9.36 Å². The summed E-state index contributed by atoms with van der Waals surface area (Å²) in [6.07, 6.45) is 2.10. The maximum absolute atomic E-state index is 13.1. The standard InChI is InChI=1S/C23H22N4O2/c1-4-17-8-10-20(11-9-17)27-23(29)26(15-21(28)12-16(2)3)22(25-27)19-7-5-6-18(13-19)14-24/h4-11,13,16H,1,12,15H2,2-3H3. The third-order valence-electron chi connectivity index (χ3n) is 4.46. The summed E-state index contributed by atoms with van der Waals surface area (Å²) >= 11 is 0. The van der Waals surface area contributed by atoms with Crippen LogP contribution in [0.25, 0.3) is 23.2 Å². The van der Waals surface area contributed by atoms with Gasteiger partial charge in [0, 0.05) is 12.0 Å². The number of rotatable bonds is 7. The highest BCUT2D eigenvalue weighted by Crippen LogP contribution is 2.19. The van der Waals surface area contributed by atoms with Crippen LogP contribution in [-0.2, 0) is 11.3 Å². The molecule has 6 nitrogen and oxygen atoms in total. The van der Waals surface area contributed by atoms with Crippen molar-refractivity contribution >= 4 is 11.9 Å². The Bertz CT molecular complexity index is 1140. The number of ketones is 1. The Balaban J connectivity index is 2.14. The molecule has 0 bridgehead atoms. The Hall–Kier alpha value is -3.72. The fraction of sp³-hybridized carbons (Fsp3) is 0.217. The van der Waals surface area contributed by atoms with Crippen molar-refractivity contribution in [3.63, 3.8) is 0 Å². The van der Waals surface area contributed by atoms with Crippen molar-refractivity contribution in [3.8, 4) is 23.1 Å². The van der Waals surface area contributed by atoms with E-state index in [1.54, 1.807) is 42.5 Å². The lowest BCUT2D eigenvalue weighted by atomic mass is 10.1. The van der Waals surface area contributed by atoms with Gasteiger partial charge in [0.05, 0.1) is 23.9 Å². The first-order chi connectivity index (χ1) is 13.9. The molecule has 0 saturated carbocycles. The van der Waals surface area contributed by atoms with E-state index < -0.39 is 5.69 Å². The Morgan fingerprint density at radius 1 is 1.24 bits per heavy atom. The minimum Gasteiger partial charge on any atom is -0.298 e. The van der Waals surface area contributed by atoms with E-state index in [1.807, 2.05) is 26.0 Å². The van der Waals surface area contributed by atoms with Crippen molar-refractivity contribution in [1.29, 1.82) is 5.26 Å². The topological polar surface area (TPSA) is 80.7 Å². The zero-order chi connectivity index (χ0) is 21.0. The molecule has 1 aromatic heterocycles. The average Bonchev–Trinajstić information content (AvgIpc) is 3.03. The fourth-order valence-electron chi connectivity index (χ4n) is 3.10. The number of nitriles is 1. The Morgan fingerprint density at radius 3 is 2.59 bits per heavy atom. The summed E-state index contributed by atoms with van der Waals surface area (Å²) in [5, 5.41) is 13.7. The van der Waals surface area contributed by atoms with Crippen LogP contribution in [0.1, 0.15) is 31.4 Å². The molecular weight excluding hydrogens is 364 g/mol. The molecule has 2 aromatic carbocycles. The molecule has 0 aliphatic heterocycles. The molecule has 6 heteroatoms. The van der Waals surface area contributed by atoms with Crippen LogP contribution in [0.15, 0.2) is 59.9 Å². The van der Waals surface area contributed by atoms with E-state index in [-0.39, 0.29) is 18.2 Å². The second kappa shape index (κ2) is 8.53. The van der Waals surface area contributed by atoms with Crippen LogP contribution in [0.2, 0.25) is 0 Å². The molecule has 0 radical (unpaired) electrons. The summed E-state index contributed by atoms with van der Waals surface area (Å²) < 4.78 is 2.66. The number of aromatic nitrogens is 3. The number of benzene rings is 2. The fourth-order valence-corrected chi connectivity index (χ4v) is 3.10. The summed E-state index contributed by atoms with van der Waals surface area (Å²) in [6, 6.07) is 16.2. The Morgan fingerprint density at radius 2 is 1.97 bits per heavy atom. The van der Waals surface area contributed by atoms with E-state index in [1.165, 1.54) is 9.25 Å². The van der Waals surface area contributed by atoms with E-state index in [9.17, 15) is 14.9 Å². The smallest absolute Gasteiger partial charge is 0.298 e. The molecule has 0 saturated heterocycles. The average molecular weight is 386 g/mol. The van der Waals surface area contributed by atoms with Gasteiger partial charge in [-0.25, -0.2) is 4.79 Å².